The summed E-state index contributed by atoms with van der Waals surface area (Å²) >= 11 is 0. The predicted molar refractivity (Wildman–Crippen MR) is 63.2 cm³/mol. The maximum absolute atomic E-state index is 11.6. The highest BCUT2D eigenvalue weighted by Gasteiger charge is 2.25. The molecule has 0 aromatic carbocycles. The first kappa shape index (κ1) is 13.9. The van der Waals surface area contributed by atoms with Crippen molar-refractivity contribution >= 4 is 10.2 Å². The van der Waals surface area contributed by atoms with Crippen molar-refractivity contribution in [3.8, 4) is 0 Å². The minimum Gasteiger partial charge on any atom is -0.396 e. The van der Waals surface area contributed by atoms with Crippen LogP contribution in [0.15, 0.2) is 0 Å². The van der Waals surface area contributed by atoms with Crippen molar-refractivity contribution in [2.45, 2.75) is 38.1 Å². The molecule has 1 saturated carbocycles. The molecule has 0 aliphatic heterocycles. The lowest BCUT2D eigenvalue weighted by Gasteiger charge is -2.29. The summed E-state index contributed by atoms with van der Waals surface area (Å²) < 4.78 is 27.1. The van der Waals surface area contributed by atoms with Crippen molar-refractivity contribution in [2.24, 2.45) is 5.92 Å². The van der Waals surface area contributed by atoms with E-state index in [4.69, 9.17) is 5.11 Å². The first-order valence-electron chi connectivity index (χ1n) is 5.76. The molecule has 0 atom stereocenters. The Labute approximate surface area is 98.0 Å². The van der Waals surface area contributed by atoms with Crippen LogP contribution in [0.5, 0.6) is 0 Å². The number of nitrogens with one attached hydrogen (secondary N) is 1. The van der Waals surface area contributed by atoms with Crippen LogP contribution >= 0.6 is 0 Å². The lowest BCUT2D eigenvalue weighted by Crippen LogP contribution is -2.43. The molecule has 0 amide bonds. The van der Waals surface area contributed by atoms with E-state index in [2.05, 4.69) is 4.72 Å². The maximum Gasteiger partial charge on any atom is 0.279 e. The van der Waals surface area contributed by atoms with E-state index in [1.165, 1.54) is 18.4 Å². The molecular weight excluding hydrogens is 228 g/mol. The molecule has 2 N–H and O–H groups in total. The van der Waals surface area contributed by atoms with Crippen molar-refractivity contribution in [3.63, 3.8) is 0 Å². The van der Waals surface area contributed by atoms with Crippen LogP contribution in [0, 0.1) is 5.92 Å². The molecule has 0 bridgehead atoms. The normalized spacial score (nSPS) is 27.2. The van der Waals surface area contributed by atoms with Gasteiger partial charge in [0.25, 0.3) is 10.2 Å². The number of hydrogen-bond acceptors (Lipinski definition) is 3. The maximum atomic E-state index is 11.6. The van der Waals surface area contributed by atoms with Crippen LogP contribution in [-0.4, -0.2) is 44.6 Å². The summed E-state index contributed by atoms with van der Waals surface area (Å²) in [5, 5.41) is 8.83. The molecule has 16 heavy (non-hydrogen) atoms. The van der Waals surface area contributed by atoms with Gasteiger partial charge < -0.3 is 5.11 Å². The van der Waals surface area contributed by atoms with Gasteiger partial charge in [0, 0.05) is 26.7 Å². The van der Waals surface area contributed by atoms with E-state index in [1.54, 1.807) is 0 Å². The van der Waals surface area contributed by atoms with Gasteiger partial charge in [-0.2, -0.15) is 17.4 Å². The second-order valence-electron chi connectivity index (χ2n) is 4.64. The Hall–Kier alpha value is -0.170. The van der Waals surface area contributed by atoms with Gasteiger partial charge >= 0.3 is 0 Å². The zero-order chi connectivity index (χ0) is 12.2. The molecule has 5 nitrogen and oxygen atoms in total. The number of aliphatic hydroxyl groups excluding tert-OH is 1. The second-order valence-corrected chi connectivity index (χ2v) is 6.55. The van der Waals surface area contributed by atoms with Crippen molar-refractivity contribution < 1.29 is 13.5 Å². The number of aliphatic hydroxyl groups is 1. The van der Waals surface area contributed by atoms with Crippen LogP contribution < -0.4 is 4.72 Å². The number of hydrogen-bond donors (Lipinski definition) is 2. The molecule has 1 aliphatic carbocycles. The lowest BCUT2D eigenvalue weighted by atomic mass is 9.85. The van der Waals surface area contributed by atoms with Gasteiger partial charge in [-0.25, -0.2) is 0 Å². The Morgan fingerprint density at radius 3 is 2.25 bits per heavy atom. The van der Waals surface area contributed by atoms with Crippen molar-refractivity contribution in [1.82, 2.24) is 9.03 Å². The molecule has 1 rings (SSSR count). The summed E-state index contributed by atoms with van der Waals surface area (Å²) in [6, 6.07) is 0.0577. The molecule has 0 radical (unpaired) electrons. The van der Waals surface area contributed by atoms with Crippen LogP contribution in [0.3, 0.4) is 0 Å². The fraction of sp³-hybridized carbons (Fsp3) is 1.00. The van der Waals surface area contributed by atoms with Crippen LogP contribution in [0.2, 0.25) is 0 Å². The van der Waals surface area contributed by atoms with Gasteiger partial charge in [0.05, 0.1) is 0 Å². The lowest BCUT2D eigenvalue weighted by molar-refractivity contribution is 0.219. The highest BCUT2D eigenvalue weighted by molar-refractivity contribution is 7.87. The molecule has 0 spiro atoms. The topological polar surface area (TPSA) is 69.6 Å². The van der Waals surface area contributed by atoms with E-state index in [-0.39, 0.29) is 12.6 Å². The largest absolute Gasteiger partial charge is 0.396 e. The molecular formula is C10H22N2O3S. The first-order valence-corrected chi connectivity index (χ1v) is 7.20. The Bertz CT molecular complexity index is 295. The van der Waals surface area contributed by atoms with E-state index < -0.39 is 10.2 Å². The molecule has 6 heteroatoms. The van der Waals surface area contributed by atoms with Gasteiger partial charge in [0.1, 0.15) is 0 Å². The van der Waals surface area contributed by atoms with E-state index in [0.717, 1.165) is 32.1 Å². The Morgan fingerprint density at radius 2 is 1.81 bits per heavy atom. The first-order chi connectivity index (χ1) is 7.45. The number of rotatable bonds is 5. The average Bonchev–Trinajstić information content (AvgIpc) is 2.21. The second kappa shape index (κ2) is 5.95. The van der Waals surface area contributed by atoms with E-state index in [1.807, 2.05) is 0 Å². The molecule has 0 aromatic heterocycles. The van der Waals surface area contributed by atoms with Gasteiger partial charge in [0.2, 0.25) is 0 Å². The monoisotopic (exact) mass is 250 g/mol. The molecule has 1 aliphatic rings. The zero-order valence-electron chi connectivity index (χ0n) is 10.0. The minimum absolute atomic E-state index is 0.0577. The standard InChI is InChI=1S/C10H22N2O3S/c1-12(2)16(14,15)11-10-5-3-9(4-6-10)7-8-13/h9-11,13H,3-8H2,1-2H3. The summed E-state index contributed by atoms with van der Waals surface area (Å²) in [5.74, 6) is 0.560. The predicted octanol–water partition coefficient (Wildman–Crippen LogP) is 0.324. The quantitative estimate of drug-likeness (QED) is 0.738. The third-order valence-corrected chi connectivity index (χ3v) is 4.77. The summed E-state index contributed by atoms with van der Waals surface area (Å²) in [5.41, 5.74) is 0. The molecule has 0 unspecified atom stereocenters. The molecule has 0 heterocycles. The molecule has 1 fully saturated rings. The van der Waals surface area contributed by atoms with Crippen LogP contribution in [0.25, 0.3) is 0 Å². The smallest absolute Gasteiger partial charge is 0.279 e. The fourth-order valence-corrected chi connectivity index (χ4v) is 2.94. The molecule has 0 saturated heterocycles. The van der Waals surface area contributed by atoms with Gasteiger partial charge in [-0.05, 0) is 38.0 Å². The Balaban J connectivity index is 2.38. The summed E-state index contributed by atoms with van der Waals surface area (Å²) in [6.45, 7) is 0.235. The third kappa shape index (κ3) is 4.01. The highest BCUT2D eigenvalue weighted by Crippen LogP contribution is 2.26. The van der Waals surface area contributed by atoms with E-state index in [0.29, 0.717) is 5.92 Å². The van der Waals surface area contributed by atoms with Gasteiger partial charge in [0.15, 0.2) is 0 Å². The van der Waals surface area contributed by atoms with E-state index in [9.17, 15) is 8.42 Å². The fourth-order valence-electron chi connectivity index (χ4n) is 2.07. The van der Waals surface area contributed by atoms with Gasteiger partial charge in [-0.3, -0.25) is 0 Å². The summed E-state index contributed by atoms with van der Waals surface area (Å²) in [4.78, 5) is 0. The van der Waals surface area contributed by atoms with Crippen LogP contribution in [0.4, 0.5) is 0 Å². The van der Waals surface area contributed by atoms with Crippen LogP contribution in [0.1, 0.15) is 32.1 Å². The van der Waals surface area contributed by atoms with Gasteiger partial charge in [-0.1, -0.05) is 0 Å². The zero-order valence-corrected chi connectivity index (χ0v) is 10.8. The third-order valence-electron chi connectivity index (χ3n) is 3.18. The minimum atomic E-state index is -3.29. The molecule has 0 aromatic rings. The Morgan fingerprint density at radius 1 is 1.25 bits per heavy atom. The Kier molecular flexibility index (Phi) is 5.17. The summed E-state index contributed by atoms with van der Waals surface area (Å²) in [7, 11) is -0.239. The molecule has 96 valence electrons. The average molecular weight is 250 g/mol. The SMILES string of the molecule is CN(C)S(=O)(=O)NC1CCC(CCO)CC1. The van der Waals surface area contributed by atoms with Gasteiger partial charge in [-0.15, -0.1) is 0 Å². The van der Waals surface area contributed by atoms with Crippen molar-refractivity contribution in [2.75, 3.05) is 20.7 Å². The summed E-state index contributed by atoms with van der Waals surface area (Å²) in [6.07, 6.45) is 4.59. The van der Waals surface area contributed by atoms with Crippen molar-refractivity contribution in [1.29, 1.82) is 0 Å². The van der Waals surface area contributed by atoms with Crippen molar-refractivity contribution in [3.05, 3.63) is 0 Å². The van der Waals surface area contributed by atoms with E-state index >= 15 is 0 Å². The number of nitrogens with zero attached hydrogens (tertiary/aromatic N) is 1. The highest BCUT2D eigenvalue weighted by atomic mass is 32.2. The van der Waals surface area contributed by atoms with Crippen LogP contribution in [-0.2, 0) is 10.2 Å².